The Morgan fingerprint density at radius 1 is 1.54 bits per heavy atom. The second-order valence-corrected chi connectivity index (χ2v) is 4.83. The Bertz CT molecular complexity index is 188. The number of primary amides is 1. The zero-order valence-electron chi connectivity index (χ0n) is 8.08. The second-order valence-electron chi connectivity index (χ2n) is 3.92. The molecule has 0 unspecified atom stereocenters. The standard InChI is InChI=1S/C9H18N2OS/c1-13-6-7-2-4-9(11,5-3-7)8(10)12/h7H,2-6,11H2,1H3,(H2,10,12). The average molecular weight is 202 g/mol. The summed E-state index contributed by atoms with van der Waals surface area (Å²) in [5.74, 6) is 1.57. The predicted molar refractivity (Wildman–Crippen MR) is 56.5 cm³/mol. The van der Waals surface area contributed by atoms with Crippen molar-refractivity contribution < 1.29 is 4.79 Å². The van der Waals surface area contributed by atoms with Crippen molar-refractivity contribution >= 4 is 17.7 Å². The maximum absolute atomic E-state index is 11.0. The van der Waals surface area contributed by atoms with Gasteiger partial charge in [0.1, 0.15) is 0 Å². The van der Waals surface area contributed by atoms with Crippen molar-refractivity contribution in [2.45, 2.75) is 31.2 Å². The van der Waals surface area contributed by atoms with E-state index in [1.807, 2.05) is 11.8 Å². The van der Waals surface area contributed by atoms with E-state index in [1.165, 1.54) is 5.75 Å². The lowest BCUT2D eigenvalue weighted by Crippen LogP contribution is -2.54. The third-order valence-electron chi connectivity index (χ3n) is 2.89. The Balaban J connectivity index is 2.42. The quantitative estimate of drug-likeness (QED) is 0.708. The van der Waals surface area contributed by atoms with Crippen LogP contribution in [0.4, 0.5) is 0 Å². The highest BCUT2D eigenvalue weighted by molar-refractivity contribution is 7.98. The zero-order chi connectivity index (χ0) is 9.90. The molecule has 4 N–H and O–H groups in total. The van der Waals surface area contributed by atoms with Gasteiger partial charge in [-0.05, 0) is 43.6 Å². The Morgan fingerprint density at radius 2 is 2.08 bits per heavy atom. The van der Waals surface area contributed by atoms with Crippen molar-refractivity contribution in [1.82, 2.24) is 0 Å². The number of rotatable bonds is 3. The van der Waals surface area contributed by atoms with Crippen LogP contribution in [0.15, 0.2) is 0 Å². The van der Waals surface area contributed by atoms with Gasteiger partial charge in [0.25, 0.3) is 0 Å². The summed E-state index contributed by atoms with van der Waals surface area (Å²) in [6.07, 6.45) is 5.71. The molecule has 0 aromatic heterocycles. The number of amides is 1. The molecule has 0 spiro atoms. The number of nitrogens with two attached hydrogens (primary N) is 2. The maximum atomic E-state index is 11.0. The lowest BCUT2D eigenvalue weighted by atomic mass is 9.77. The maximum Gasteiger partial charge on any atom is 0.237 e. The highest BCUT2D eigenvalue weighted by Gasteiger charge is 2.36. The molecule has 0 aromatic carbocycles. The number of carbonyl (C=O) groups excluding carboxylic acids is 1. The largest absolute Gasteiger partial charge is 0.368 e. The van der Waals surface area contributed by atoms with Gasteiger partial charge >= 0.3 is 0 Å². The van der Waals surface area contributed by atoms with Crippen LogP contribution in [0.1, 0.15) is 25.7 Å². The van der Waals surface area contributed by atoms with Gasteiger partial charge in [-0.3, -0.25) is 4.79 Å². The lowest BCUT2D eigenvalue weighted by Gasteiger charge is -2.34. The first-order chi connectivity index (χ1) is 6.08. The molecular weight excluding hydrogens is 184 g/mol. The van der Waals surface area contributed by atoms with E-state index >= 15 is 0 Å². The SMILES string of the molecule is CSCC1CCC(N)(C(N)=O)CC1. The fraction of sp³-hybridized carbons (Fsp3) is 0.889. The van der Waals surface area contributed by atoms with Crippen LogP contribution in [0.2, 0.25) is 0 Å². The number of hydrogen-bond acceptors (Lipinski definition) is 3. The van der Waals surface area contributed by atoms with Gasteiger partial charge in [-0.15, -0.1) is 0 Å². The molecule has 0 radical (unpaired) electrons. The molecule has 76 valence electrons. The van der Waals surface area contributed by atoms with Crippen molar-refractivity contribution in [3.05, 3.63) is 0 Å². The molecule has 0 atom stereocenters. The van der Waals surface area contributed by atoms with Gasteiger partial charge in [-0.1, -0.05) is 0 Å². The van der Waals surface area contributed by atoms with E-state index in [-0.39, 0.29) is 5.91 Å². The summed E-state index contributed by atoms with van der Waals surface area (Å²) in [4.78, 5) is 11.0. The fourth-order valence-electron chi connectivity index (χ4n) is 1.84. The molecule has 0 aromatic rings. The highest BCUT2D eigenvalue weighted by atomic mass is 32.2. The highest BCUT2D eigenvalue weighted by Crippen LogP contribution is 2.31. The molecule has 1 aliphatic carbocycles. The van der Waals surface area contributed by atoms with Crippen molar-refractivity contribution in [3.63, 3.8) is 0 Å². The molecule has 1 fully saturated rings. The van der Waals surface area contributed by atoms with Gasteiger partial charge in [0.15, 0.2) is 0 Å². The van der Waals surface area contributed by atoms with E-state index in [1.54, 1.807) is 0 Å². The van der Waals surface area contributed by atoms with Crippen LogP contribution in [0.3, 0.4) is 0 Å². The molecule has 0 aliphatic heterocycles. The van der Waals surface area contributed by atoms with Crippen LogP contribution >= 0.6 is 11.8 Å². The van der Waals surface area contributed by atoms with Crippen LogP contribution < -0.4 is 11.5 Å². The summed E-state index contributed by atoms with van der Waals surface area (Å²) in [6, 6.07) is 0. The summed E-state index contributed by atoms with van der Waals surface area (Å²) in [6.45, 7) is 0. The zero-order valence-corrected chi connectivity index (χ0v) is 8.90. The van der Waals surface area contributed by atoms with Gasteiger partial charge in [0, 0.05) is 0 Å². The Hall–Kier alpha value is -0.220. The average Bonchev–Trinajstić information content (AvgIpc) is 2.09. The summed E-state index contributed by atoms with van der Waals surface area (Å²) < 4.78 is 0. The van der Waals surface area contributed by atoms with E-state index < -0.39 is 5.54 Å². The van der Waals surface area contributed by atoms with Gasteiger partial charge in [0.05, 0.1) is 5.54 Å². The minimum atomic E-state index is -0.713. The Morgan fingerprint density at radius 3 is 2.46 bits per heavy atom. The second kappa shape index (κ2) is 4.33. The molecule has 1 saturated carbocycles. The first-order valence-corrected chi connectivity index (χ1v) is 6.05. The van der Waals surface area contributed by atoms with E-state index in [0.717, 1.165) is 31.6 Å². The van der Waals surface area contributed by atoms with Crippen LogP contribution in [0.5, 0.6) is 0 Å². The summed E-state index contributed by atoms with van der Waals surface area (Å²) in [5, 5.41) is 0. The van der Waals surface area contributed by atoms with Crippen LogP contribution in [-0.4, -0.2) is 23.5 Å². The van der Waals surface area contributed by atoms with Gasteiger partial charge in [-0.25, -0.2) is 0 Å². The molecule has 1 rings (SSSR count). The summed E-state index contributed by atoms with van der Waals surface area (Å²) in [5.41, 5.74) is 10.4. The molecule has 3 nitrogen and oxygen atoms in total. The molecule has 1 amide bonds. The van der Waals surface area contributed by atoms with Gasteiger partial charge in [0.2, 0.25) is 5.91 Å². The third-order valence-corrected chi connectivity index (χ3v) is 3.70. The van der Waals surface area contributed by atoms with Gasteiger partial charge < -0.3 is 11.5 Å². The molecule has 13 heavy (non-hydrogen) atoms. The first kappa shape index (κ1) is 10.9. The summed E-state index contributed by atoms with van der Waals surface area (Å²) >= 11 is 1.86. The molecule has 1 aliphatic rings. The van der Waals surface area contributed by atoms with E-state index in [0.29, 0.717) is 0 Å². The molecule has 0 heterocycles. The first-order valence-electron chi connectivity index (χ1n) is 4.66. The Labute approximate surface area is 83.6 Å². The van der Waals surface area contributed by atoms with Crippen molar-refractivity contribution in [3.8, 4) is 0 Å². The van der Waals surface area contributed by atoms with Crippen LogP contribution in [0, 0.1) is 5.92 Å². The normalized spacial score (nSPS) is 34.5. The molecule has 4 heteroatoms. The van der Waals surface area contributed by atoms with Crippen molar-refractivity contribution in [1.29, 1.82) is 0 Å². The smallest absolute Gasteiger partial charge is 0.237 e. The van der Waals surface area contributed by atoms with E-state index in [9.17, 15) is 4.79 Å². The topological polar surface area (TPSA) is 69.1 Å². The number of carbonyl (C=O) groups is 1. The molecular formula is C9H18N2OS. The summed E-state index contributed by atoms with van der Waals surface area (Å²) in [7, 11) is 0. The lowest BCUT2D eigenvalue weighted by molar-refractivity contribution is -0.124. The minimum absolute atomic E-state index is 0.338. The number of hydrogen-bond donors (Lipinski definition) is 2. The molecule has 0 saturated heterocycles. The van der Waals surface area contributed by atoms with Crippen molar-refractivity contribution in [2.75, 3.05) is 12.0 Å². The van der Waals surface area contributed by atoms with Crippen molar-refractivity contribution in [2.24, 2.45) is 17.4 Å². The predicted octanol–water partition coefficient (Wildman–Crippen LogP) is 0.722. The van der Waals surface area contributed by atoms with E-state index in [2.05, 4.69) is 6.26 Å². The van der Waals surface area contributed by atoms with Crippen LogP contribution in [0.25, 0.3) is 0 Å². The van der Waals surface area contributed by atoms with Gasteiger partial charge in [-0.2, -0.15) is 11.8 Å². The van der Waals surface area contributed by atoms with E-state index in [4.69, 9.17) is 11.5 Å². The molecule has 0 bridgehead atoms. The fourth-order valence-corrected chi connectivity index (χ4v) is 2.65. The third kappa shape index (κ3) is 2.61. The number of thioether (sulfide) groups is 1. The monoisotopic (exact) mass is 202 g/mol. The minimum Gasteiger partial charge on any atom is -0.368 e. The van der Waals surface area contributed by atoms with Crippen LogP contribution in [-0.2, 0) is 4.79 Å². The Kier molecular flexibility index (Phi) is 3.62.